The molecule has 0 radical (unpaired) electrons. The Morgan fingerprint density at radius 3 is 2.42 bits per heavy atom. The number of amides is 1. The summed E-state index contributed by atoms with van der Waals surface area (Å²) in [6.45, 7) is 2.77. The largest absolute Gasteiger partial charge is 0.314 e. The zero-order chi connectivity index (χ0) is 14.8. The van der Waals surface area contributed by atoms with Crippen LogP contribution in [0.3, 0.4) is 0 Å². The monoisotopic (exact) mass is 304 g/mol. The average molecular weight is 305 g/mol. The van der Waals surface area contributed by atoms with Crippen molar-refractivity contribution in [3.63, 3.8) is 0 Å². The van der Waals surface area contributed by atoms with Crippen molar-refractivity contribution in [2.45, 2.75) is 18.7 Å². The molecule has 1 rings (SSSR count). The molecule has 104 valence electrons. The van der Waals surface area contributed by atoms with Crippen molar-refractivity contribution in [2.75, 3.05) is 17.7 Å². The standard InChI is InChI=1S/C11H13ClN2O4S/c1-4-19(17,18)9-5-8(14(3)7(2)15)6-13-10(9)11(12)16/h5-6H,4H2,1-3H3. The lowest BCUT2D eigenvalue weighted by Gasteiger charge is -2.16. The second-order valence-electron chi connectivity index (χ2n) is 3.80. The summed E-state index contributed by atoms with van der Waals surface area (Å²) < 4.78 is 23.8. The van der Waals surface area contributed by atoms with Crippen molar-refractivity contribution >= 4 is 38.3 Å². The number of pyridine rings is 1. The maximum absolute atomic E-state index is 11.9. The Balaban J connectivity index is 3.52. The highest BCUT2D eigenvalue weighted by molar-refractivity contribution is 7.91. The molecule has 8 heteroatoms. The number of aromatic nitrogens is 1. The Kier molecular flexibility index (Phi) is 4.65. The van der Waals surface area contributed by atoms with Crippen molar-refractivity contribution in [3.8, 4) is 0 Å². The Morgan fingerprint density at radius 2 is 2.00 bits per heavy atom. The van der Waals surface area contributed by atoms with Crippen molar-refractivity contribution in [1.82, 2.24) is 4.98 Å². The van der Waals surface area contributed by atoms with E-state index in [1.165, 1.54) is 38.1 Å². The molecule has 0 atom stereocenters. The van der Waals surface area contributed by atoms with Gasteiger partial charge in [0.2, 0.25) is 5.91 Å². The van der Waals surface area contributed by atoms with Crippen LogP contribution >= 0.6 is 11.6 Å². The van der Waals surface area contributed by atoms with Gasteiger partial charge in [0, 0.05) is 14.0 Å². The number of carbonyl (C=O) groups is 2. The lowest BCUT2D eigenvalue weighted by atomic mass is 10.3. The lowest BCUT2D eigenvalue weighted by molar-refractivity contribution is -0.116. The minimum Gasteiger partial charge on any atom is -0.314 e. The second-order valence-corrected chi connectivity index (χ2v) is 6.39. The molecular formula is C11H13ClN2O4S. The van der Waals surface area contributed by atoms with E-state index in [2.05, 4.69) is 4.98 Å². The fourth-order valence-corrected chi connectivity index (χ4v) is 2.60. The summed E-state index contributed by atoms with van der Waals surface area (Å²) in [5, 5.41) is -0.955. The topological polar surface area (TPSA) is 84.4 Å². The van der Waals surface area contributed by atoms with Gasteiger partial charge in [0.15, 0.2) is 9.84 Å². The SMILES string of the molecule is CCS(=O)(=O)c1cc(N(C)C(C)=O)cnc1C(=O)Cl. The van der Waals surface area contributed by atoms with Gasteiger partial charge in [-0.2, -0.15) is 0 Å². The summed E-state index contributed by atoms with van der Waals surface area (Å²) in [4.78, 5) is 27.2. The number of rotatable bonds is 4. The van der Waals surface area contributed by atoms with Gasteiger partial charge in [-0.25, -0.2) is 13.4 Å². The van der Waals surface area contributed by atoms with Crippen molar-refractivity contribution in [3.05, 3.63) is 18.0 Å². The lowest BCUT2D eigenvalue weighted by Crippen LogP contribution is -2.24. The molecule has 0 aromatic carbocycles. The summed E-state index contributed by atoms with van der Waals surface area (Å²) in [7, 11) is -2.19. The molecule has 0 unspecified atom stereocenters. The predicted molar refractivity (Wildman–Crippen MR) is 71.2 cm³/mol. The first-order chi connectivity index (χ1) is 8.70. The third kappa shape index (κ3) is 3.30. The third-order valence-corrected chi connectivity index (χ3v) is 4.52. The smallest absolute Gasteiger partial charge is 0.272 e. The second kappa shape index (κ2) is 5.66. The molecule has 0 aliphatic rings. The van der Waals surface area contributed by atoms with Gasteiger partial charge < -0.3 is 4.90 Å². The number of hydrogen-bond acceptors (Lipinski definition) is 5. The molecule has 19 heavy (non-hydrogen) atoms. The first-order valence-corrected chi connectivity index (χ1v) is 7.40. The van der Waals surface area contributed by atoms with Crippen LogP contribution in [0.15, 0.2) is 17.2 Å². The number of halogens is 1. The molecule has 0 saturated carbocycles. The van der Waals surface area contributed by atoms with Crippen LogP contribution < -0.4 is 4.90 Å². The first kappa shape index (κ1) is 15.6. The molecule has 0 N–H and O–H groups in total. The maximum atomic E-state index is 11.9. The molecule has 0 bridgehead atoms. The van der Waals surface area contributed by atoms with E-state index in [9.17, 15) is 18.0 Å². The van der Waals surface area contributed by atoms with Gasteiger partial charge in [0.25, 0.3) is 5.24 Å². The molecule has 0 fully saturated rings. The molecule has 1 amide bonds. The van der Waals surface area contributed by atoms with Gasteiger partial charge in [-0.1, -0.05) is 6.92 Å². The van der Waals surface area contributed by atoms with Crippen molar-refractivity contribution < 1.29 is 18.0 Å². The van der Waals surface area contributed by atoms with Gasteiger partial charge in [0.05, 0.1) is 22.5 Å². The normalized spacial score (nSPS) is 11.2. The van der Waals surface area contributed by atoms with E-state index >= 15 is 0 Å². The van der Waals surface area contributed by atoms with E-state index in [4.69, 9.17) is 11.6 Å². The van der Waals surface area contributed by atoms with Crippen LogP contribution in [0.4, 0.5) is 5.69 Å². The molecule has 1 heterocycles. The van der Waals surface area contributed by atoms with E-state index in [-0.39, 0.29) is 27.9 Å². The van der Waals surface area contributed by atoms with Crippen LogP contribution in [0.2, 0.25) is 0 Å². The molecule has 1 aromatic rings. The molecule has 0 spiro atoms. The Morgan fingerprint density at radius 1 is 1.42 bits per heavy atom. The number of anilines is 1. The van der Waals surface area contributed by atoms with Crippen LogP contribution in [0.1, 0.15) is 24.3 Å². The summed E-state index contributed by atoms with van der Waals surface area (Å²) in [6.07, 6.45) is 1.23. The fraction of sp³-hybridized carbons (Fsp3) is 0.364. The van der Waals surface area contributed by atoms with E-state index < -0.39 is 15.1 Å². The average Bonchev–Trinajstić information content (AvgIpc) is 2.36. The van der Waals surface area contributed by atoms with Gasteiger partial charge in [0.1, 0.15) is 5.69 Å². The van der Waals surface area contributed by atoms with Crippen molar-refractivity contribution in [1.29, 1.82) is 0 Å². The molecular weight excluding hydrogens is 292 g/mol. The minimum absolute atomic E-state index is 0.195. The van der Waals surface area contributed by atoms with E-state index in [0.717, 1.165) is 0 Å². The summed E-state index contributed by atoms with van der Waals surface area (Å²) in [5.74, 6) is -0.481. The number of carbonyl (C=O) groups excluding carboxylic acids is 2. The van der Waals surface area contributed by atoms with Crippen LogP contribution in [-0.4, -0.2) is 37.4 Å². The summed E-state index contributed by atoms with van der Waals surface area (Å²) in [5.41, 5.74) is -0.0505. The predicted octanol–water partition coefficient (Wildman–Crippen LogP) is 1.24. The molecule has 0 aliphatic carbocycles. The van der Waals surface area contributed by atoms with Gasteiger partial charge in [-0.05, 0) is 17.7 Å². The van der Waals surface area contributed by atoms with E-state index in [0.29, 0.717) is 0 Å². The summed E-state index contributed by atoms with van der Waals surface area (Å²) >= 11 is 5.32. The quantitative estimate of drug-likeness (QED) is 0.781. The zero-order valence-electron chi connectivity index (χ0n) is 10.7. The molecule has 0 aliphatic heterocycles. The number of hydrogen-bond donors (Lipinski definition) is 0. The Hall–Kier alpha value is -1.47. The maximum Gasteiger partial charge on any atom is 0.272 e. The first-order valence-electron chi connectivity index (χ1n) is 5.37. The van der Waals surface area contributed by atoms with Crippen LogP contribution in [0.25, 0.3) is 0 Å². The highest BCUT2D eigenvalue weighted by atomic mass is 35.5. The summed E-state index contributed by atoms with van der Waals surface area (Å²) in [6, 6.07) is 1.23. The van der Waals surface area contributed by atoms with Crippen LogP contribution in [0.5, 0.6) is 0 Å². The van der Waals surface area contributed by atoms with Gasteiger partial charge in [-0.15, -0.1) is 0 Å². The Labute approximate surface area is 116 Å². The van der Waals surface area contributed by atoms with Crippen LogP contribution in [0, 0.1) is 0 Å². The van der Waals surface area contributed by atoms with Gasteiger partial charge in [-0.3, -0.25) is 9.59 Å². The van der Waals surface area contributed by atoms with E-state index in [1.54, 1.807) is 0 Å². The number of nitrogens with zero attached hydrogens (tertiary/aromatic N) is 2. The highest BCUT2D eigenvalue weighted by Gasteiger charge is 2.23. The van der Waals surface area contributed by atoms with Crippen molar-refractivity contribution in [2.24, 2.45) is 0 Å². The molecule has 0 saturated heterocycles. The Bertz CT molecular complexity index is 628. The number of sulfone groups is 1. The van der Waals surface area contributed by atoms with Crippen LogP contribution in [-0.2, 0) is 14.6 Å². The fourth-order valence-electron chi connectivity index (χ4n) is 1.34. The van der Waals surface area contributed by atoms with Gasteiger partial charge >= 0.3 is 0 Å². The minimum atomic E-state index is -3.66. The highest BCUT2D eigenvalue weighted by Crippen LogP contribution is 2.23. The molecule has 1 aromatic heterocycles. The zero-order valence-corrected chi connectivity index (χ0v) is 12.2. The van der Waals surface area contributed by atoms with E-state index in [1.807, 2.05) is 0 Å². The molecule has 6 nitrogen and oxygen atoms in total. The third-order valence-electron chi connectivity index (χ3n) is 2.60.